The lowest BCUT2D eigenvalue weighted by molar-refractivity contribution is -0.135. The number of likely N-dealkylation sites (tertiary alicyclic amines) is 1. The molecule has 7 nitrogen and oxygen atoms in total. The molecule has 0 spiro atoms. The molecule has 1 amide bonds. The molecule has 0 aliphatic carbocycles. The number of imidazole rings is 1. The summed E-state index contributed by atoms with van der Waals surface area (Å²) in [5.41, 5.74) is 0. The van der Waals surface area contributed by atoms with Crippen LogP contribution in [0.5, 0.6) is 0 Å². The zero-order chi connectivity index (χ0) is 14.8. The van der Waals surface area contributed by atoms with E-state index in [9.17, 15) is 4.79 Å². The van der Waals surface area contributed by atoms with Gasteiger partial charge < -0.3 is 14.0 Å². The Balaban J connectivity index is 1.69. The van der Waals surface area contributed by atoms with E-state index >= 15 is 0 Å². The normalized spacial score (nSPS) is 20.5. The van der Waals surface area contributed by atoms with Gasteiger partial charge in [0, 0.05) is 38.3 Å². The van der Waals surface area contributed by atoms with Gasteiger partial charge in [-0.15, -0.1) is 0 Å². The summed E-state index contributed by atoms with van der Waals surface area (Å²) in [6.07, 6.45) is 7.12. The summed E-state index contributed by atoms with van der Waals surface area (Å²) in [6, 6.07) is -0.238. The average molecular weight is 289 g/mol. The number of amides is 1. The molecule has 2 aromatic heterocycles. The van der Waals surface area contributed by atoms with Crippen LogP contribution >= 0.6 is 0 Å². The van der Waals surface area contributed by atoms with Gasteiger partial charge in [0.25, 0.3) is 0 Å². The molecule has 3 heterocycles. The number of hydrogen-bond donors (Lipinski definition) is 0. The Morgan fingerprint density at radius 1 is 1.52 bits per heavy atom. The van der Waals surface area contributed by atoms with E-state index in [2.05, 4.69) is 15.1 Å². The van der Waals surface area contributed by atoms with Gasteiger partial charge in [0.2, 0.25) is 11.8 Å². The number of rotatable bonds is 3. The van der Waals surface area contributed by atoms with Crippen LogP contribution in [0.2, 0.25) is 0 Å². The van der Waals surface area contributed by atoms with E-state index in [4.69, 9.17) is 4.52 Å². The first-order valence-corrected chi connectivity index (χ1v) is 7.21. The Morgan fingerprint density at radius 3 is 3.05 bits per heavy atom. The van der Waals surface area contributed by atoms with E-state index in [1.54, 1.807) is 19.4 Å². The van der Waals surface area contributed by atoms with Gasteiger partial charge in [0.05, 0.1) is 6.33 Å². The number of nitrogens with zero attached hydrogens (tertiary/aromatic N) is 5. The fourth-order valence-corrected chi connectivity index (χ4v) is 2.76. The summed E-state index contributed by atoms with van der Waals surface area (Å²) in [5.74, 6) is 1.55. The van der Waals surface area contributed by atoms with E-state index in [0.717, 1.165) is 19.4 Å². The minimum Gasteiger partial charge on any atom is -0.340 e. The van der Waals surface area contributed by atoms with E-state index in [0.29, 0.717) is 18.3 Å². The molecule has 0 radical (unpaired) electrons. The topological polar surface area (TPSA) is 77.1 Å². The third-order valence-corrected chi connectivity index (χ3v) is 3.97. The number of carbonyl (C=O) groups excluding carboxylic acids is 1. The molecular formula is C14H19N5O2. The van der Waals surface area contributed by atoms with E-state index in [-0.39, 0.29) is 17.9 Å². The molecule has 2 aromatic rings. The third kappa shape index (κ3) is 2.81. The first-order chi connectivity index (χ1) is 10.1. The lowest BCUT2D eigenvalue weighted by atomic mass is 9.97. The van der Waals surface area contributed by atoms with Crippen molar-refractivity contribution in [1.82, 2.24) is 24.6 Å². The van der Waals surface area contributed by atoms with Crippen LogP contribution in [0.15, 0.2) is 23.2 Å². The van der Waals surface area contributed by atoms with Gasteiger partial charge in [-0.3, -0.25) is 4.79 Å². The maximum Gasteiger partial charge on any atom is 0.245 e. The fraction of sp³-hybridized carbons (Fsp3) is 0.571. The Kier molecular flexibility index (Phi) is 3.72. The Bertz CT molecular complexity index is 607. The average Bonchev–Trinajstić information content (AvgIpc) is 3.17. The molecule has 21 heavy (non-hydrogen) atoms. The maximum atomic E-state index is 12.6. The monoisotopic (exact) mass is 289 g/mol. The van der Waals surface area contributed by atoms with Gasteiger partial charge in [-0.05, 0) is 19.8 Å². The summed E-state index contributed by atoms with van der Waals surface area (Å²) in [4.78, 5) is 22.8. The highest BCUT2D eigenvalue weighted by atomic mass is 16.5. The highest BCUT2D eigenvalue weighted by Gasteiger charge is 2.30. The zero-order valence-corrected chi connectivity index (χ0v) is 12.3. The molecule has 7 heteroatoms. The van der Waals surface area contributed by atoms with Crippen molar-refractivity contribution < 1.29 is 9.32 Å². The summed E-state index contributed by atoms with van der Waals surface area (Å²) >= 11 is 0. The standard InChI is InChI=1S/C14H19N5O2/c1-10(19-7-5-15-9-19)14(20)18-6-3-4-12(8-18)13-16-11(2)21-17-13/h5,7,9-10,12H,3-4,6,8H2,1-2H3/t10-,12+/m0/s1. The van der Waals surface area contributed by atoms with Crippen molar-refractivity contribution >= 4 is 5.91 Å². The highest BCUT2D eigenvalue weighted by Crippen LogP contribution is 2.26. The number of aryl methyl sites for hydroxylation is 1. The van der Waals surface area contributed by atoms with Crippen LogP contribution in [-0.4, -0.2) is 43.6 Å². The van der Waals surface area contributed by atoms with Gasteiger partial charge in [-0.25, -0.2) is 4.98 Å². The van der Waals surface area contributed by atoms with Crippen LogP contribution in [-0.2, 0) is 4.79 Å². The van der Waals surface area contributed by atoms with Crippen molar-refractivity contribution in [3.63, 3.8) is 0 Å². The predicted molar refractivity (Wildman–Crippen MR) is 74.5 cm³/mol. The number of aromatic nitrogens is 4. The molecule has 1 fully saturated rings. The Labute approximate surface area is 123 Å². The molecule has 1 aliphatic heterocycles. The first-order valence-electron chi connectivity index (χ1n) is 7.21. The van der Waals surface area contributed by atoms with E-state index < -0.39 is 0 Å². The van der Waals surface area contributed by atoms with E-state index in [1.807, 2.05) is 22.6 Å². The number of piperidine rings is 1. The van der Waals surface area contributed by atoms with Crippen molar-refractivity contribution in [3.8, 4) is 0 Å². The van der Waals surface area contributed by atoms with Crippen LogP contribution in [0.25, 0.3) is 0 Å². The predicted octanol–water partition coefficient (Wildman–Crippen LogP) is 1.54. The lowest BCUT2D eigenvalue weighted by Gasteiger charge is -2.33. The minimum absolute atomic E-state index is 0.109. The minimum atomic E-state index is -0.238. The second-order valence-electron chi connectivity index (χ2n) is 5.48. The molecule has 3 rings (SSSR count). The molecule has 0 N–H and O–H groups in total. The molecule has 0 unspecified atom stereocenters. The maximum absolute atomic E-state index is 12.6. The molecule has 0 saturated carbocycles. The Hall–Kier alpha value is -2.18. The van der Waals surface area contributed by atoms with Crippen molar-refractivity contribution in [1.29, 1.82) is 0 Å². The SMILES string of the molecule is Cc1nc([C@@H]2CCCN(C(=O)[C@H](C)n3ccnc3)C2)no1. The molecule has 0 aromatic carbocycles. The van der Waals surface area contributed by atoms with Crippen LogP contribution in [0.4, 0.5) is 0 Å². The summed E-state index contributed by atoms with van der Waals surface area (Å²) in [5, 5.41) is 3.99. The first kappa shape index (κ1) is 13.8. The second kappa shape index (κ2) is 5.67. The van der Waals surface area contributed by atoms with Crippen LogP contribution in [0, 0.1) is 6.92 Å². The van der Waals surface area contributed by atoms with Gasteiger partial charge in [0.1, 0.15) is 6.04 Å². The second-order valence-corrected chi connectivity index (χ2v) is 5.48. The largest absolute Gasteiger partial charge is 0.340 e. The van der Waals surface area contributed by atoms with Crippen LogP contribution < -0.4 is 0 Å². The van der Waals surface area contributed by atoms with Crippen molar-refractivity contribution in [2.45, 2.75) is 38.6 Å². The molecule has 112 valence electrons. The van der Waals surface area contributed by atoms with Crippen molar-refractivity contribution in [2.75, 3.05) is 13.1 Å². The zero-order valence-electron chi connectivity index (χ0n) is 12.3. The lowest BCUT2D eigenvalue weighted by Crippen LogP contribution is -2.42. The molecule has 1 saturated heterocycles. The summed E-state index contributed by atoms with van der Waals surface area (Å²) < 4.78 is 6.87. The van der Waals surface area contributed by atoms with Gasteiger partial charge >= 0.3 is 0 Å². The summed E-state index contributed by atoms with van der Waals surface area (Å²) in [6.45, 7) is 5.11. The summed E-state index contributed by atoms with van der Waals surface area (Å²) in [7, 11) is 0. The Morgan fingerprint density at radius 2 is 2.38 bits per heavy atom. The molecule has 1 aliphatic rings. The van der Waals surface area contributed by atoms with Gasteiger partial charge in [-0.2, -0.15) is 4.98 Å². The fourth-order valence-electron chi connectivity index (χ4n) is 2.76. The molecule has 0 bridgehead atoms. The number of hydrogen-bond acceptors (Lipinski definition) is 5. The number of carbonyl (C=O) groups is 1. The molecular weight excluding hydrogens is 270 g/mol. The van der Waals surface area contributed by atoms with Crippen molar-refractivity contribution in [2.24, 2.45) is 0 Å². The molecule has 2 atom stereocenters. The van der Waals surface area contributed by atoms with E-state index in [1.165, 1.54) is 0 Å². The van der Waals surface area contributed by atoms with Gasteiger partial charge in [0.15, 0.2) is 5.82 Å². The smallest absolute Gasteiger partial charge is 0.245 e. The van der Waals surface area contributed by atoms with Crippen LogP contribution in [0.1, 0.15) is 43.4 Å². The quantitative estimate of drug-likeness (QED) is 0.856. The third-order valence-electron chi connectivity index (χ3n) is 3.97. The van der Waals surface area contributed by atoms with Gasteiger partial charge in [-0.1, -0.05) is 5.16 Å². The highest BCUT2D eigenvalue weighted by molar-refractivity contribution is 5.80. The van der Waals surface area contributed by atoms with Crippen molar-refractivity contribution in [3.05, 3.63) is 30.4 Å². The van der Waals surface area contributed by atoms with Crippen LogP contribution in [0.3, 0.4) is 0 Å².